The van der Waals surface area contributed by atoms with Gasteiger partial charge in [-0.15, -0.1) is 0 Å². The summed E-state index contributed by atoms with van der Waals surface area (Å²) in [5.74, 6) is 0. The summed E-state index contributed by atoms with van der Waals surface area (Å²) in [4.78, 5) is 0. The molecular weight excluding hydrogens is 272 g/mol. The predicted molar refractivity (Wildman–Crippen MR) is 51.5 cm³/mol. The van der Waals surface area contributed by atoms with Crippen molar-refractivity contribution < 1.29 is 30.6 Å². The van der Waals surface area contributed by atoms with E-state index in [1.54, 1.807) is 0 Å². The third-order valence-corrected chi connectivity index (χ3v) is 3.25. The molecule has 1 N–H and O–H groups in total. The van der Waals surface area contributed by atoms with Crippen LogP contribution in [-0.4, -0.2) is 27.4 Å². The van der Waals surface area contributed by atoms with Crippen LogP contribution in [0.3, 0.4) is 0 Å². The first kappa shape index (κ1) is 16.7. The molecule has 0 amide bonds. The molecule has 0 rings (SSSR count). The third-order valence-electron chi connectivity index (χ3n) is 1.64. The van der Waals surface area contributed by atoms with Crippen LogP contribution in [0.2, 0.25) is 0 Å². The van der Waals surface area contributed by atoms with Crippen molar-refractivity contribution in [3.8, 4) is 0 Å². The Hall–Kier alpha value is -0.310. The van der Waals surface area contributed by atoms with Crippen molar-refractivity contribution in [1.82, 2.24) is 4.72 Å². The highest BCUT2D eigenvalue weighted by atomic mass is 32.2. The molecule has 0 unspecified atom stereocenters. The van der Waals surface area contributed by atoms with E-state index in [4.69, 9.17) is 0 Å². The average Bonchev–Trinajstić information content (AvgIpc) is 1.96. The summed E-state index contributed by atoms with van der Waals surface area (Å²) in [5, 5.41) is 0. The van der Waals surface area contributed by atoms with Gasteiger partial charge in [0.1, 0.15) is 6.04 Å². The van der Waals surface area contributed by atoms with Crippen LogP contribution in [0.25, 0.3) is 0 Å². The molecule has 0 heterocycles. The number of hydrogen-bond acceptors (Lipinski definition) is 1. The maximum absolute atomic E-state index is 12.3. The van der Waals surface area contributed by atoms with Crippen molar-refractivity contribution in [2.45, 2.75) is 50.3 Å². The normalized spacial score (nSPS) is 17.9. The minimum Gasteiger partial charge on any atom is -0.242 e. The molecule has 0 spiro atoms. The molecule has 0 radical (unpaired) electrons. The lowest BCUT2D eigenvalue weighted by molar-refractivity contribution is -0.197. The molecule has 9 heteroatoms. The standard InChI is InChI=1S/C8H13F6NOS/c1-6(2,3)17(16)15-5(8(12,13)14)4-7(9,10)11/h5,15H,4H2,1-3H3/t5-,17+/m1/s1. The highest BCUT2D eigenvalue weighted by Crippen LogP contribution is 2.31. The third kappa shape index (κ3) is 6.87. The van der Waals surface area contributed by atoms with Gasteiger partial charge in [-0.2, -0.15) is 26.3 Å². The molecule has 0 aliphatic carbocycles. The summed E-state index contributed by atoms with van der Waals surface area (Å²) in [6.07, 6.45) is -12.2. The Kier molecular flexibility index (Phi) is 5.04. The maximum atomic E-state index is 12.3. The molecule has 0 aromatic heterocycles. The van der Waals surface area contributed by atoms with E-state index in [-0.39, 0.29) is 0 Å². The molecule has 0 aromatic rings. The molecule has 0 saturated carbocycles. The summed E-state index contributed by atoms with van der Waals surface area (Å²) in [5.41, 5.74) is 0. The van der Waals surface area contributed by atoms with Crippen molar-refractivity contribution in [2.75, 3.05) is 0 Å². The van der Waals surface area contributed by atoms with Crippen molar-refractivity contribution in [1.29, 1.82) is 0 Å². The Balaban J connectivity index is 4.81. The minimum atomic E-state index is -5.10. The van der Waals surface area contributed by atoms with E-state index in [1.807, 2.05) is 0 Å². The molecule has 2 nitrogen and oxygen atoms in total. The maximum Gasteiger partial charge on any atom is 0.405 e. The first-order valence-electron chi connectivity index (χ1n) is 4.55. The van der Waals surface area contributed by atoms with Gasteiger partial charge >= 0.3 is 12.4 Å². The molecular formula is C8H13F6NOS. The van der Waals surface area contributed by atoms with Crippen LogP contribution in [0.5, 0.6) is 0 Å². The van der Waals surface area contributed by atoms with Crippen LogP contribution in [0.1, 0.15) is 27.2 Å². The molecule has 0 saturated heterocycles. The van der Waals surface area contributed by atoms with Crippen molar-refractivity contribution in [2.24, 2.45) is 0 Å². The van der Waals surface area contributed by atoms with Crippen LogP contribution >= 0.6 is 0 Å². The first-order valence-corrected chi connectivity index (χ1v) is 5.70. The lowest BCUT2D eigenvalue weighted by Gasteiger charge is -2.26. The zero-order valence-electron chi connectivity index (χ0n) is 9.37. The molecule has 0 aliphatic rings. The van der Waals surface area contributed by atoms with E-state index in [0.29, 0.717) is 0 Å². The van der Waals surface area contributed by atoms with E-state index in [0.717, 1.165) is 0 Å². The fourth-order valence-electron chi connectivity index (χ4n) is 0.762. The molecule has 0 aliphatic heterocycles. The van der Waals surface area contributed by atoms with E-state index in [9.17, 15) is 30.6 Å². The largest absolute Gasteiger partial charge is 0.405 e. The van der Waals surface area contributed by atoms with Gasteiger partial charge in [0.25, 0.3) is 0 Å². The van der Waals surface area contributed by atoms with Crippen LogP contribution in [0.15, 0.2) is 0 Å². The van der Waals surface area contributed by atoms with Gasteiger partial charge in [-0.25, -0.2) is 8.93 Å². The van der Waals surface area contributed by atoms with E-state index in [2.05, 4.69) is 0 Å². The molecule has 0 bridgehead atoms. The molecule has 0 fully saturated rings. The summed E-state index contributed by atoms with van der Waals surface area (Å²) in [6, 6.07) is -2.86. The molecule has 104 valence electrons. The minimum absolute atomic E-state index is 1.07. The second-order valence-electron chi connectivity index (χ2n) is 4.41. The van der Waals surface area contributed by atoms with Gasteiger partial charge in [0.2, 0.25) is 0 Å². The van der Waals surface area contributed by atoms with Crippen LogP contribution in [0, 0.1) is 0 Å². The average molecular weight is 285 g/mol. The Bertz CT molecular complexity index is 279. The van der Waals surface area contributed by atoms with Crippen LogP contribution in [-0.2, 0) is 11.0 Å². The fraction of sp³-hybridized carbons (Fsp3) is 1.00. The van der Waals surface area contributed by atoms with Crippen LogP contribution < -0.4 is 4.72 Å². The lowest BCUT2D eigenvalue weighted by Crippen LogP contribution is -2.49. The van der Waals surface area contributed by atoms with Gasteiger partial charge in [-0.05, 0) is 20.8 Å². The Morgan fingerprint density at radius 3 is 1.71 bits per heavy atom. The molecule has 17 heavy (non-hydrogen) atoms. The van der Waals surface area contributed by atoms with Crippen LogP contribution in [0.4, 0.5) is 26.3 Å². The summed E-state index contributed by atoms with van der Waals surface area (Å²) in [6.45, 7) is 4.07. The van der Waals surface area contributed by atoms with Gasteiger partial charge in [-0.3, -0.25) is 0 Å². The lowest BCUT2D eigenvalue weighted by atomic mass is 10.2. The van der Waals surface area contributed by atoms with E-state index < -0.39 is 40.5 Å². The van der Waals surface area contributed by atoms with Gasteiger partial charge in [-0.1, -0.05) is 0 Å². The zero-order valence-corrected chi connectivity index (χ0v) is 10.2. The van der Waals surface area contributed by atoms with Crippen molar-refractivity contribution in [3.05, 3.63) is 0 Å². The summed E-state index contributed by atoms with van der Waals surface area (Å²) in [7, 11) is -2.22. The second-order valence-corrected chi connectivity index (χ2v) is 6.41. The SMILES string of the molecule is CC(C)(C)[S@](=O)N[C@H](CC(F)(F)F)C(F)(F)F. The smallest absolute Gasteiger partial charge is 0.242 e. The highest BCUT2D eigenvalue weighted by molar-refractivity contribution is 7.84. The quantitative estimate of drug-likeness (QED) is 0.794. The predicted octanol–water partition coefficient (Wildman–Crippen LogP) is 2.92. The number of halogens is 6. The Morgan fingerprint density at radius 1 is 1.06 bits per heavy atom. The van der Waals surface area contributed by atoms with E-state index in [1.165, 1.54) is 25.5 Å². The first-order chi connectivity index (χ1) is 7.23. The number of alkyl halides is 6. The zero-order chi connectivity index (χ0) is 14.1. The monoisotopic (exact) mass is 285 g/mol. The topological polar surface area (TPSA) is 29.1 Å². The van der Waals surface area contributed by atoms with Crippen molar-refractivity contribution in [3.63, 3.8) is 0 Å². The molecule has 0 aromatic carbocycles. The van der Waals surface area contributed by atoms with E-state index >= 15 is 0 Å². The molecule has 2 atom stereocenters. The second kappa shape index (κ2) is 5.13. The highest BCUT2D eigenvalue weighted by Gasteiger charge is 2.48. The van der Waals surface area contributed by atoms with Gasteiger partial charge < -0.3 is 0 Å². The number of hydrogen-bond donors (Lipinski definition) is 1. The number of nitrogens with one attached hydrogen (secondary N) is 1. The fourth-order valence-corrected chi connectivity index (χ4v) is 1.59. The Labute approximate surface area is 97.3 Å². The summed E-state index contributed by atoms with van der Waals surface area (Å²) < 4.78 is 84.5. The summed E-state index contributed by atoms with van der Waals surface area (Å²) >= 11 is 0. The van der Waals surface area contributed by atoms with Crippen molar-refractivity contribution >= 4 is 11.0 Å². The Morgan fingerprint density at radius 2 is 1.47 bits per heavy atom. The number of rotatable bonds is 3. The van der Waals surface area contributed by atoms with Gasteiger partial charge in [0.15, 0.2) is 0 Å². The van der Waals surface area contributed by atoms with Gasteiger partial charge in [0.05, 0.1) is 22.2 Å². The van der Waals surface area contributed by atoms with Gasteiger partial charge in [0, 0.05) is 0 Å².